The molecule has 4 heteroatoms. The maximum atomic E-state index is 6.16. The second-order valence-corrected chi connectivity index (χ2v) is 6.73. The highest BCUT2D eigenvalue weighted by atomic mass is 35.5. The zero-order valence-electron chi connectivity index (χ0n) is 12.4. The molecule has 0 unspecified atom stereocenters. The summed E-state index contributed by atoms with van der Waals surface area (Å²) in [5.41, 5.74) is 1.13. The summed E-state index contributed by atoms with van der Waals surface area (Å²) in [6.07, 6.45) is 0. The summed E-state index contributed by atoms with van der Waals surface area (Å²) in [5.74, 6) is 1.39. The fourth-order valence-electron chi connectivity index (χ4n) is 1.79. The number of nitrogens with one attached hydrogen (secondary N) is 1. The van der Waals surface area contributed by atoms with Gasteiger partial charge in [0.25, 0.3) is 0 Å². The molecule has 2 nitrogen and oxygen atoms in total. The van der Waals surface area contributed by atoms with Gasteiger partial charge in [0.1, 0.15) is 11.5 Å². The van der Waals surface area contributed by atoms with E-state index in [0.717, 1.165) is 17.9 Å². The normalized spacial score (nSPS) is 11.5. The molecule has 0 fully saturated rings. The fourth-order valence-corrected chi connectivity index (χ4v) is 2.23. The molecule has 21 heavy (non-hydrogen) atoms. The van der Waals surface area contributed by atoms with E-state index in [1.165, 1.54) is 0 Å². The van der Waals surface area contributed by atoms with Gasteiger partial charge < -0.3 is 10.1 Å². The first-order valence-electron chi connectivity index (χ1n) is 6.81. The molecule has 0 atom stereocenters. The third kappa shape index (κ3) is 4.92. The molecular weight excluding hydrogens is 305 g/mol. The van der Waals surface area contributed by atoms with Crippen molar-refractivity contribution in [1.29, 1.82) is 0 Å². The second-order valence-electron chi connectivity index (χ2n) is 5.89. The van der Waals surface area contributed by atoms with Gasteiger partial charge >= 0.3 is 0 Å². The van der Waals surface area contributed by atoms with Crippen molar-refractivity contribution in [3.63, 3.8) is 0 Å². The Balaban J connectivity index is 2.20. The zero-order valence-corrected chi connectivity index (χ0v) is 13.9. The summed E-state index contributed by atoms with van der Waals surface area (Å²) in [5, 5.41) is 4.55. The minimum atomic E-state index is 0.0467. The molecule has 0 aliphatic heterocycles. The Hall–Kier alpha value is -1.22. The topological polar surface area (TPSA) is 21.3 Å². The first-order chi connectivity index (χ1) is 9.85. The van der Waals surface area contributed by atoms with E-state index >= 15 is 0 Å². The van der Waals surface area contributed by atoms with Crippen LogP contribution in [-0.4, -0.2) is 5.54 Å². The Kier molecular flexibility index (Phi) is 5.15. The van der Waals surface area contributed by atoms with E-state index in [2.05, 4.69) is 26.1 Å². The number of hydrogen-bond acceptors (Lipinski definition) is 2. The third-order valence-corrected chi connectivity index (χ3v) is 3.43. The molecule has 0 heterocycles. The maximum absolute atomic E-state index is 6.16. The van der Waals surface area contributed by atoms with Crippen molar-refractivity contribution in [3.8, 4) is 11.5 Å². The van der Waals surface area contributed by atoms with E-state index in [9.17, 15) is 0 Å². The van der Waals surface area contributed by atoms with Gasteiger partial charge in [0.05, 0.1) is 5.02 Å². The van der Waals surface area contributed by atoms with Gasteiger partial charge in [-0.15, -0.1) is 0 Å². The number of ether oxygens (including phenoxy) is 1. The summed E-state index contributed by atoms with van der Waals surface area (Å²) >= 11 is 12.1. The van der Waals surface area contributed by atoms with Gasteiger partial charge in [0.2, 0.25) is 0 Å². The largest absolute Gasteiger partial charge is 0.455 e. The zero-order chi connectivity index (χ0) is 15.5. The van der Waals surface area contributed by atoms with Gasteiger partial charge in [0.15, 0.2) is 0 Å². The lowest BCUT2D eigenvalue weighted by atomic mass is 10.1. The molecule has 2 aromatic rings. The van der Waals surface area contributed by atoms with E-state index < -0.39 is 0 Å². The van der Waals surface area contributed by atoms with Gasteiger partial charge in [-0.1, -0.05) is 41.4 Å². The van der Waals surface area contributed by atoms with Crippen molar-refractivity contribution in [1.82, 2.24) is 5.32 Å². The summed E-state index contributed by atoms with van der Waals surface area (Å²) < 4.78 is 5.93. The fraction of sp³-hybridized carbons (Fsp3) is 0.294. The predicted octanol–water partition coefficient (Wildman–Crippen LogP) is 5.67. The third-order valence-electron chi connectivity index (χ3n) is 2.90. The molecule has 0 spiro atoms. The lowest BCUT2D eigenvalue weighted by Crippen LogP contribution is -2.35. The van der Waals surface area contributed by atoms with Gasteiger partial charge in [-0.2, -0.15) is 0 Å². The van der Waals surface area contributed by atoms with Crippen LogP contribution in [0.25, 0.3) is 0 Å². The number of benzene rings is 2. The van der Waals surface area contributed by atoms with Crippen LogP contribution in [0.15, 0.2) is 42.5 Å². The van der Waals surface area contributed by atoms with E-state index in [0.29, 0.717) is 15.8 Å². The van der Waals surface area contributed by atoms with Crippen LogP contribution < -0.4 is 10.1 Å². The lowest BCUT2D eigenvalue weighted by Gasteiger charge is -2.21. The molecule has 1 N–H and O–H groups in total. The molecule has 0 aliphatic rings. The summed E-state index contributed by atoms with van der Waals surface area (Å²) in [7, 11) is 0. The predicted molar refractivity (Wildman–Crippen MR) is 89.6 cm³/mol. The molecule has 2 rings (SSSR count). The number of para-hydroxylation sites is 1. The summed E-state index contributed by atoms with van der Waals surface area (Å²) in [6.45, 7) is 7.12. The second kappa shape index (κ2) is 6.69. The lowest BCUT2D eigenvalue weighted by molar-refractivity contribution is 0.414. The van der Waals surface area contributed by atoms with Gasteiger partial charge in [-0.05, 0) is 45.0 Å². The van der Waals surface area contributed by atoms with Crippen molar-refractivity contribution in [3.05, 3.63) is 58.1 Å². The van der Waals surface area contributed by atoms with Gasteiger partial charge in [-0.25, -0.2) is 0 Å². The standard InChI is InChI=1S/C17H19Cl2NO/c1-17(2,3)20-11-12-6-4-5-7-15(12)21-16-9-8-13(18)10-14(16)19/h4-10,20H,11H2,1-3H3. The Bertz CT molecular complexity index is 620. The first kappa shape index (κ1) is 16.2. The Morgan fingerprint density at radius 3 is 2.38 bits per heavy atom. The highest BCUT2D eigenvalue weighted by Crippen LogP contribution is 2.33. The van der Waals surface area contributed by atoms with E-state index in [4.69, 9.17) is 27.9 Å². The molecule has 0 bridgehead atoms. The molecule has 0 aliphatic carbocycles. The van der Waals surface area contributed by atoms with Crippen molar-refractivity contribution in [2.45, 2.75) is 32.9 Å². The molecular formula is C17H19Cl2NO. The van der Waals surface area contributed by atoms with Crippen LogP contribution in [-0.2, 0) is 6.54 Å². The monoisotopic (exact) mass is 323 g/mol. The molecule has 0 saturated heterocycles. The van der Waals surface area contributed by atoms with E-state index in [1.807, 2.05) is 24.3 Å². The highest BCUT2D eigenvalue weighted by Gasteiger charge is 2.12. The van der Waals surface area contributed by atoms with Crippen molar-refractivity contribution >= 4 is 23.2 Å². The van der Waals surface area contributed by atoms with Crippen LogP contribution in [0.2, 0.25) is 10.0 Å². The van der Waals surface area contributed by atoms with Crippen molar-refractivity contribution < 1.29 is 4.74 Å². The molecule has 0 amide bonds. The molecule has 0 radical (unpaired) electrons. The van der Waals surface area contributed by atoms with Gasteiger partial charge in [-0.3, -0.25) is 0 Å². The minimum absolute atomic E-state index is 0.0467. The van der Waals surface area contributed by atoms with Crippen LogP contribution in [0.4, 0.5) is 0 Å². The van der Waals surface area contributed by atoms with Crippen molar-refractivity contribution in [2.24, 2.45) is 0 Å². The number of hydrogen-bond donors (Lipinski definition) is 1. The summed E-state index contributed by atoms with van der Waals surface area (Å²) in [4.78, 5) is 0. The summed E-state index contributed by atoms with van der Waals surface area (Å²) in [6, 6.07) is 13.1. The number of rotatable bonds is 4. The average molecular weight is 324 g/mol. The SMILES string of the molecule is CC(C)(C)NCc1ccccc1Oc1ccc(Cl)cc1Cl. The minimum Gasteiger partial charge on any atom is -0.455 e. The van der Waals surface area contributed by atoms with Crippen LogP contribution in [0.3, 0.4) is 0 Å². The van der Waals surface area contributed by atoms with Crippen LogP contribution >= 0.6 is 23.2 Å². The smallest absolute Gasteiger partial charge is 0.146 e. The molecule has 2 aromatic carbocycles. The van der Waals surface area contributed by atoms with Crippen LogP contribution in [0.1, 0.15) is 26.3 Å². The van der Waals surface area contributed by atoms with E-state index in [-0.39, 0.29) is 5.54 Å². The Morgan fingerprint density at radius 1 is 1.00 bits per heavy atom. The Labute approximate surface area is 136 Å². The molecule has 0 saturated carbocycles. The number of halogens is 2. The van der Waals surface area contributed by atoms with Crippen molar-refractivity contribution in [2.75, 3.05) is 0 Å². The maximum Gasteiger partial charge on any atom is 0.146 e. The van der Waals surface area contributed by atoms with Crippen LogP contribution in [0, 0.1) is 0 Å². The quantitative estimate of drug-likeness (QED) is 0.782. The Morgan fingerprint density at radius 2 is 1.71 bits per heavy atom. The van der Waals surface area contributed by atoms with Gasteiger partial charge in [0, 0.05) is 22.7 Å². The molecule has 112 valence electrons. The average Bonchev–Trinajstić information content (AvgIpc) is 2.40. The molecule has 0 aromatic heterocycles. The van der Waals surface area contributed by atoms with Crippen LogP contribution in [0.5, 0.6) is 11.5 Å². The highest BCUT2D eigenvalue weighted by molar-refractivity contribution is 6.35. The van der Waals surface area contributed by atoms with E-state index in [1.54, 1.807) is 18.2 Å². The first-order valence-corrected chi connectivity index (χ1v) is 7.56.